The van der Waals surface area contributed by atoms with Gasteiger partial charge in [0.25, 0.3) is 11.6 Å². The highest BCUT2D eigenvalue weighted by molar-refractivity contribution is 7.09. The number of anilines is 2. The monoisotopic (exact) mass is 293 g/mol. The molecule has 2 N–H and O–H groups in total. The van der Waals surface area contributed by atoms with Gasteiger partial charge in [0.1, 0.15) is 11.5 Å². The summed E-state index contributed by atoms with van der Waals surface area (Å²) in [4.78, 5) is 26.5. The number of benzene rings is 1. The van der Waals surface area contributed by atoms with Gasteiger partial charge in [0.2, 0.25) is 5.13 Å². The Labute approximate surface area is 118 Å². The molecule has 1 heterocycles. The summed E-state index contributed by atoms with van der Waals surface area (Å²) in [6.45, 7) is 1.71. The number of hydrogen-bond acceptors (Lipinski definition) is 7. The van der Waals surface area contributed by atoms with Crippen LogP contribution >= 0.6 is 11.5 Å². The third-order valence-electron chi connectivity index (χ3n) is 2.48. The molecule has 9 heteroatoms. The number of aromatic nitrogens is 2. The van der Waals surface area contributed by atoms with Crippen molar-refractivity contribution in [1.82, 2.24) is 9.36 Å². The molecule has 1 aromatic carbocycles. The Kier molecular flexibility index (Phi) is 3.89. The number of para-hydroxylation sites is 1. The first-order valence-corrected chi connectivity index (χ1v) is 6.37. The van der Waals surface area contributed by atoms with Crippen LogP contribution in [0.5, 0.6) is 0 Å². The lowest BCUT2D eigenvalue weighted by Gasteiger charge is -2.08. The maximum atomic E-state index is 12.1. The van der Waals surface area contributed by atoms with Crippen molar-refractivity contribution in [2.24, 2.45) is 0 Å². The highest BCUT2D eigenvalue weighted by Crippen LogP contribution is 2.28. The molecule has 0 bridgehead atoms. The Morgan fingerprint density at radius 2 is 2.20 bits per heavy atom. The smallest absolute Gasteiger partial charge is 0.293 e. The van der Waals surface area contributed by atoms with Gasteiger partial charge in [0.05, 0.1) is 10.5 Å². The first-order valence-electron chi connectivity index (χ1n) is 5.59. The summed E-state index contributed by atoms with van der Waals surface area (Å²) < 4.78 is 3.94. The normalized spacial score (nSPS) is 10.1. The van der Waals surface area contributed by atoms with Gasteiger partial charge in [-0.1, -0.05) is 6.07 Å². The second kappa shape index (κ2) is 5.61. The average Bonchev–Trinajstić information content (AvgIpc) is 2.82. The zero-order valence-corrected chi connectivity index (χ0v) is 11.5. The molecule has 20 heavy (non-hydrogen) atoms. The number of carbonyl (C=O) groups is 1. The van der Waals surface area contributed by atoms with Gasteiger partial charge in [0, 0.05) is 24.6 Å². The van der Waals surface area contributed by atoms with E-state index in [2.05, 4.69) is 20.0 Å². The molecule has 1 amide bonds. The van der Waals surface area contributed by atoms with Crippen LogP contribution in [-0.2, 0) is 0 Å². The van der Waals surface area contributed by atoms with E-state index in [-0.39, 0.29) is 16.9 Å². The molecular formula is C11H11N5O3S. The van der Waals surface area contributed by atoms with Crippen LogP contribution in [0.15, 0.2) is 18.2 Å². The highest BCUT2D eigenvalue weighted by atomic mass is 32.1. The molecule has 2 aromatic rings. The maximum Gasteiger partial charge on any atom is 0.293 e. The molecule has 8 nitrogen and oxygen atoms in total. The molecule has 0 saturated heterocycles. The quantitative estimate of drug-likeness (QED) is 0.659. The summed E-state index contributed by atoms with van der Waals surface area (Å²) in [5, 5.41) is 16.5. The van der Waals surface area contributed by atoms with Crippen LogP contribution in [0.4, 0.5) is 16.5 Å². The van der Waals surface area contributed by atoms with Crippen molar-refractivity contribution < 1.29 is 9.72 Å². The van der Waals surface area contributed by atoms with Crippen molar-refractivity contribution in [2.45, 2.75) is 6.92 Å². The van der Waals surface area contributed by atoms with E-state index in [9.17, 15) is 14.9 Å². The SMILES string of the molecule is CNc1c(C(=O)Nc2nc(C)ns2)cccc1[N+](=O)[O-]. The van der Waals surface area contributed by atoms with E-state index >= 15 is 0 Å². The summed E-state index contributed by atoms with van der Waals surface area (Å²) in [5.41, 5.74) is 0.180. The summed E-state index contributed by atoms with van der Waals surface area (Å²) in [6.07, 6.45) is 0. The predicted molar refractivity (Wildman–Crippen MR) is 75.2 cm³/mol. The molecule has 0 radical (unpaired) electrons. The number of hydrogen-bond donors (Lipinski definition) is 2. The van der Waals surface area contributed by atoms with Gasteiger partial charge in [-0.25, -0.2) is 4.98 Å². The van der Waals surface area contributed by atoms with Crippen molar-refractivity contribution in [2.75, 3.05) is 17.7 Å². The Morgan fingerprint density at radius 3 is 2.75 bits per heavy atom. The fourth-order valence-corrected chi connectivity index (χ4v) is 2.23. The zero-order valence-electron chi connectivity index (χ0n) is 10.7. The van der Waals surface area contributed by atoms with Crippen molar-refractivity contribution >= 4 is 33.9 Å². The molecule has 0 aliphatic heterocycles. The molecule has 1 aromatic heterocycles. The summed E-state index contributed by atoms with van der Waals surface area (Å²) in [7, 11) is 1.52. The van der Waals surface area contributed by atoms with E-state index in [1.54, 1.807) is 6.92 Å². The van der Waals surface area contributed by atoms with E-state index in [1.807, 2.05) is 0 Å². The first kappa shape index (κ1) is 13.9. The van der Waals surface area contributed by atoms with Crippen molar-refractivity contribution in [3.05, 3.63) is 39.7 Å². The maximum absolute atomic E-state index is 12.1. The number of nitrogens with zero attached hydrogens (tertiary/aromatic N) is 3. The predicted octanol–water partition coefficient (Wildman–Crippen LogP) is 2.05. The van der Waals surface area contributed by atoms with Gasteiger partial charge in [-0.2, -0.15) is 4.37 Å². The topological polar surface area (TPSA) is 110 Å². The fourth-order valence-electron chi connectivity index (χ4n) is 1.66. The van der Waals surface area contributed by atoms with Crippen LogP contribution in [0.3, 0.4) is 0 Å². The number of nitro groups is 1. The second-order valence-corrected chi connectivity index (χ2v) is 4.56. The van der Waals surface area contributed by atoms with Gasteiger partial charge >= 0.3 is 0 Å². The van der Waals surface area contributed by atoms with E-state index in [0.717, 1.165) is 11.5 Å². The molecule has 0 fully saturated rings. The van der Waals surface area contributed by atoms with Crippen LogP contribution < -0.4 is 10.6 Å². The van der Waals surface area contributed by atoms with E-state index < -0.39 is 10.8 Å². The number of nitro benzene ring substituents is 1. The molecule has 0 spiro atoms. The lowest BCUT2D eigenvalue weighted by atomic mass is 10.1. The number of amides is 1. The van der Waals surface area contributed by atoms with Crippen LogP contribution in [0, 0.1) is 17.0 Å². The molecule has 104 valence electrons. The number of aryl methyl sites for hydroxylation is 1. The van der Waals surface area contributed by atoms with Gasteiger partial charge in [-0.05, 0) is 13.0 Å². The van der Waals surface area contributed by atoms with Crippen LogP contribution in [0.1, 0.15) is 16.2 Å². The molecule has 0 saturated carbocycles. The van der Waals surface area contributed by atoms with E-state index in [4.69, 9.17) is 0 Å². The molecule has 0 aliphatic rings. The summed E-state index contributed by atoms with van der Waals surface area (Å²) >= 11 is 1.05. The Hall–Kier alpha value is -2.55. The van der Waals surface area contributed by atoms with Gasteiger partial charge in [-0.3, -0.25) is 20.2 Å². The molecule has 0 unspecified atom stereocenters. The number of nitrogens with one attached hydrogen (secondary N) is 2. The van der Waals surface area contributed by atoms with Crippen LogP contribution in [-0.4, -0.2) is 27.2 Å². The third kappa shape index (κ3) is 2.72. The highest BCUT2D eigenvalue weighted by Gasteiger charge is 2.21. The van der Waals surface area contributed by atoms with Crippen molar-refractivity contribution in [1.29, 1.82) is 0 Å². The largest absolute Gasteiger partial charge is 0.382 e. The Bertz CT molecular complexity index is 670. The third-order valence-corrected chi connectivity index (χ3v) is 3.20. The summed E-state index contributed by atoms with van der Waals surface area (Å²) in [5.74, 6) is 0.0763. The molecule has 0 aliphatic carbocycles. The second-order valence-electron chi connectivity index (χ2n) is 3.81. The van der Waals surface area contributed by atoms with Crippen molar-refractivity contribution in [3.8, 4) is 0 Å². The Balaban J connectivity index is 2.34. The van der Waals surface area contributed by atoms with Crippen molar-refractivity contribution in [3.63, 3.8) is 0 Å². The van der Waals surface area contributed by atoms with E-state index in [0.29, 0.717) is 11.0 Å². The standard InChI is InChI=1S/C11H11N5O3S/c1-6-13-11(20-15-6)14-10(17)7-4-3-5-8(16(18)19)9(7)12-2/h3-5,12H,1-2H3,(H,13,14,15,17). The van der Waals surface area contributed by atoms with Crippen LogP contribution in [0.2, 0.25) is 0 Å². The number of carbonyl (C=O) groups excluding carboxylic acids is 1. The van der Waals surface area contributed by atoms with Gasteiger partial charge in [-0.15, -0.1) is 0 Å². The minimum atomic E-state index is -0.544. The first-order chi connectivity index (χ1) is 9.52. The van der Waals surface area contributed by atoms with Crippen LogP contribution in [0.25, 0.3) is 0 Å². The molecule has 0 atom stereocenters. The van der Waals surface area contributed by atoms with E-state index in [1.165, 1.54) is 25.2 Å². The molecular weight excluding hydrogens is 282 g/mol. The lowest BCUT2D eigenvalue weighted by molar-refractivity contribution is -0.384. The summed E-state index contributed by atoms with van der Waals surface area (Å²) in [6, 6.07) is 4.29. The minimum absolute atomic E-state index is 0.159. The number of rotatable bonds is 4. The average molecular weight is 293 g/mol. The van der Waals surface area contributed by atoms with Gasteiger partial charge in [0.15, 0.2) is 0 Å². The van der Waals surface area contributed by atoms with Gasteiger partial charge < -0.3 is 5.32 Å². The molecule has 2 rings (SSSR count). The Morgan fingerprint density at radius 1 is 1.45 bits per heavy atom. The zero-order chi connectivity index (χ0) is 14.7. The fraction of sp³-hybridized carbons (Fsp3) is 0.182. The lowest BCUT2D eigenvalue weighted by Crippen LogP contribution is -2.14. The minimum Gasteiger partial charge on any atom is -0.382 e.